The van der Waals surface area contributed by atoms with Crippen LogP contribution in [0.2, 0.25) is 0 Å². The first-order valence-corrected chi connectivity index (χ1v) is 6.57. The van der Waals surface area contributed by atoms with Crippen molar-refractivity contribution in [2.75, 3.05) is 13.7 Å². The molecule has 2 aromatic carbocycles. The van der Waals surface area contributed by atoms with Crippen LogP contribution < -0.4 is 4.74 Å². The molecule has 3 nitrogen and oxygen atoms in total. The molecule has 0 unspecified atom stereocenters. The molecule has 0 aromatic heterocycles. The van der Waals surface area contributed by atoms with E-state index >= 15 is 0 Å². The van der Waals surface area contributed by atoms with Crippen molar-refractivity contribution in [3.05, 3.63) is 48.0 Å². The molecular weight excluding hydrogens is 252 g/mol. The first kappa shape index (κ1) is 14.1. The Labute approximate surface area is 118 Å². The lowest BCUT2D eigenvalue weighted by Gasteiger charge is -2.06. The minimum absolute atomic E-state index is 0.306. The standard InChI is InChI=1S/C17H18O3/c1-4-20-17(18)9-12(2)13-5-6-15-11-16(19-3)8-7-14(15)10-13/h5-11H,4H2,1-3H3/b12-9+. The van der Waals surface area contributed by atoms with Crippen molar-refractivity contribution in [1.29, 1.82) is 0 Å². The van der Waals surface area contributed by atoms with Crippen LogP contribution in [0.25, 0.3) is 16.3 Å². The molecule has 0 spiro atoms. The molecule has 3 heteroatoms. The zero-order valence-corrected chi connectivity index (χ0v) is 12.0. The van der Waals surface area contributed by atoms with E-state index in [1.165, 1.54) is 6.08 Å². The van der Waals surface area contributed by atoms with Crippen LogP contribution >= 0.6 is 0 Å². The number of esters is 1. The fraction of sp³-hybridized carbons (Fsp3) is 0.235. The van der Waals surface area contributed by atoms with E-state index in [9.17, 15) is 4.79 Å². The van der Waals surface area contributed by atoms with Crippen LogP contribution in [0.4, 0.5) is 0 Å². The number of ether oxygens (including phenoxy) is 2. The summed E-state index contributed by atoms with van der Waals surface area (Å²) in [6.07, 6.45) is 1.52. The molecular formula is C17H18O3. The summed E-state index contributed by atoms with van der Waals surface area (Å²) in [5.74, 6) is 0.531. The number of fused-ring (bicyclic) bond motifs is 1. The monoisotopic (exact) mass is 270 g/mol. The molecule has 0 saturated carbocycles. The van der Waals surface area contributed by atoms with Crippen molar-refractivity contribution in [2.45, 2.75) is 13.8 Å². The molecule has 0 atom stereocenters. The number of carbonyl (C=O) groups is 1. The lowest BCUT2D eigenvalue weighted by atomic mass is 10.0. The van der Waals surface area contributed by atoms with Crippen molar-refractivity contribution < 1.29 is 14.3 Å². The van der Waals surface area contributed by atoms with Gasteiger partial charge in [0, 0.05) is 6.08 Å². The first-order chi connectivity index (χ1) is 9.63. The molecule has 0 aliphatic rings. The Morgan fingerprint density at radius 2 is 1.85 bits per heavy atom. The van der Waals surface area contributed by atoms with E-state index in [2.05, 4.69) is 6.07 Å². The third kappa shape index (κ3) is 3.18. The van der Waals surface area contributed by atoms with Crippen LogP contribution in [0.15, 0.2) is 42.5 Å². The Morgan fingerprint density at radius 1 is 1.15 bits per heavy atom. The van der Waals surface area contributed by atoms with Gasteiger partial charge in [-0.2, -0.15) is 0 Å². The molecule has 0 amide bonds. The maximum absolute atomic E-state index is 11.5. The lowest BCUT2D eigenvalue weighted by Crippen LogP contribution is -2.00. The molecule has 104 valence electrons. The number of hydrogen-bond donors (Lipinski definition) is 0. The van der Waals surface area contributed by atoms with Crippen LogP contribution in [0.1, 0.15) is 19.4 Å². The zero-order valence-electron chi connectivity index (χ0n) is 12.0. The number of benzene rings is 2. The quantitative estimate of drug-likeness (QED) is 0.626. The SMILES string of the molecule is CCOC(=O)/C=C(\C)c1ccc2cc(OC)ccc2c1. The highest BCUT2D eigenvalue weighted by molar-refractivity contribution is 5.93. The first-order valence-electron chi connectivity index (χ1n) is 6.57. The number of allylic oxidation sites excluding steroid dienone is 1. The third-order valence-corrected chi connectivity index (χ3v) is 3.12. The van der Waals surface area contributed by atoms with Crippen LogP contribution in [0, 0.1) is 0 Å². The van der Waals surface area contributed by atoms with E-state index < -0.39 is 0 Å². The summed E-state index contributed by atoms with van der Waals surface area (Å²) in [5, 5.41) is 2.22. The second-order valence-corrected chi connectivity index (χ2v) is 4.51. The summed E-state index contributed by atoms with van der Waals surface area (Å²) >= 11 is 0. The number of rotatable bonds is 4. The highest BCUT2D eigenvalue weighted by Gasteiger charge is 2.03. The fourth-order valence-electron chi connectivity index (χ4n) is 2.04. The lowest BCUT2D eigenvalue weighted by molar-refractivity contribution is -0.137. The summed E-state index contributed by atoms with van der Waals surface area (Å²) in [4.78, 5) is 11.5. The molecule has 0 N–H and O–H groups in total. The highest BCUT2D eigenvalue weighted by atomic mass is 16.5. The Hall–Kier alpha value is -2.29. The van der Waals surface area contributed by atoms with Crippen molar-refractivity contribution in [2.24, 2.45) is 0 Å². The molecule has 20 heavy (non-hydrogen) atoms. The molecule has 0 bridgehead atoms. The van der Waals surface area contributed by atoms with E-state index in [4.69, 9.17) is 9.47 Å². The normalized spacial score (nSPS) is 11.4. The van der Waals surface area contributed by atoms with Crippen LogP contribution in [0.5, 0.6) is 5.75 Å². The van der Waals surface area contributed by atoms with Crippen molar-refractivity contribution in [1.82, 2.24) is 0 Å². The number of carbonyl (C=O) groups excluding carboxylic acids is 1. The molecule has 0 aliphatic heterocycles. The zero-order chi connectivity index (χ0) is 14.5. The van der Waals surface area contributed by atoms with Gasteiger partial charge in [-0.05, 0) is 54.0 Å². The fourth-order valence-corrected chi connectivity index (χ4v) is 2.04. The molecule has 0 aliphatic carbocycles. The minimum atomic E-state index is -0.306. The smallest absolute Gasteiger partial charge is 0.331 e. The minimum Gasteiger partial charge on any atom is -0.497 e. The van der Waals surface area contributed by atoms with E-state index in [-0.39, 0.29) is 5.97 Å². The van der Waals surface area contributed by atoms with E-state index in [1.54, 1.807) is 14.0 Å². The van der Waals surface area contributed by atoms with Crippen LogP contribution in [-0.2, 0) is 9.53 Å². The molecule has 2 aromatic rings. The van der Waals surface area contributed by atoms with Gasteiger partial charge in [0.15, 0.2) is 0 Å². The van der Waals surface area contributed by atoms with Gasteiger partial charge >= 0.3 is 5.97 Å². The Kier molecular flexibility index (Phi) is 4.41. The summed E-state index contributed by atoms with van der Waals surface area (Å²) in [7, 11) is 1.65. The third-order valence-electron chi connectivity index (χ3n) is 3.12. The number of hydrogen-bond acceptors (Lipinski definition) is 3. The van der Waals surface area contributed by atoms with Crippen LogP contribution in [-0.4, -0.2) is 19.7 Å². The summed E-state index contributed by atoms with van der Waals surface area (Å²) in [5.41, 5.74) is 1.90. The average molecular weight is 270 g/mol. The Balaban J connectivity index is 2.34. The van der Waals surface area contributed by atoms with Gasteiger partial charge in [-0.1, -0.05) is 18.2 Å². The summed E-state index contributed by atoms with van der Waals surface area (Å²) in [6.45, 7) is 4.09. The molecule has 0 radical (unpaired) electrons. The summed E-state index contributed by atoms with van der Waals surface area (Å²) < 4.78 is 10.1. The largest absolute Gasteiger partial charge is 0.497 e. The Morgan fingerprint density at radius 3 is 2.55 bits per heavy atom. The maximum atomic E-state index is 11.5. The molecule has 2 rings (SSSR count). The van der Waals surface area contributed by atoms with Gasteiger partial charge in [0.2, 0.25) is 0 Å². The van der Waals surface area contributed by atoms with Crippen LogP contribution in [0.3, 0.4) is 0 Å². The van der Waals surface area contributed by atoms with E-state index in [0.29, 0.717) is 6.61 Å². The average Bonchev–Trinajstić information content (AvgIpc) is 2.46. The van der Waals surface area contributed by atoms with Gasteiger partial charge in [-0.25, -0.2) is 4.79 Å². The maximum Gasteiger partial charge on any atom is 0.331 e. The second-order valence-electron chi connectivity index (χ2n) is 4.51. The second kappa shape index (κ2) is 6.24. The van der Waals surface area contributed by atoms with Crippen molar-refractivity contribution >= 4 is 22.3 Å². The van der Waals surface area contributed by atoms with E-state index in [0.717, 1.165) is 27.7 Å². The molecule has 0 fully saturated rings. The summed E-state index contributed by atoms with van der Waals surface area (Å²) in [6, 6.07) is 12.0. The van der Waals surface area contributed by atoms with Gasteiger partial charge in [-0.3, -0.25) is 0 Å². The predicted octanol–water partition coefficient (Wildman–Crippen LogP) is 3.81. The van der Waals surface area contributed by atoms with E-state index in [1.807, 2.05) is 37.3 Å². The van der Waals surface area contributed by atoms with Gasteiger partial charge in [0.1, 0.15) is 5.75 Å². The van der Waals surface area contributed by atoms with Crippen molar-refractivity contribution in [3.8, 4) is 5.75 Å². The van der Waals surface area contributed by atoms with Gasteiger partial charge in [-0.15, -0.1) is 0 Å². The molecule has 0 saturated heterocycles. The topological polar surface area (TPSA) is 35.5 Å². The van der Waals surface area contributed by atoms with Gasteiger partial charge in [0.25, 0.3) is 0 Å². The van der Waals surface area contributed by atoms with Gasteiger partial charge in [0.05, 0.1) is 13.7 Å². The Bertz CT molecular complexity index is 656. The predicted molar refractivity (Wildman–Crippen MR) is 80.8 cm³/mol. The van der Waals surface area contributed by atoms with Crippen molar-refractivity contribution in [3.63, 3.8) is 0 Å². The number of methoxy groups -OCH3 is 1. The molecule has 0 heterocycles. The highest BCUT2D eigenvalue weighted by Crippen LogP contribution is 2.24. The van der Waals surface area contributed by atoms with Gasteiger partial charge < -0.3 is 9.47 Å².